The molecule has 116 valence electrons. The summed E-state index contributed by atoms with van der Waals surface area (Å²) in [5, 5.41) is 0. The minimum atomic E-state index is 0.164. The number of thioether (sulfide) groups is 1. The molecule has 0 heterocycles. The Hall–Kier alpha value is -1.42. The van der Waals surface area contributed by atoms with Crippen molar-refractivity contribution in [1.82, 2.24) is 4.90 Å². The minimum Gasteiger partial charge on any atom is -0.496 e. The van der Waals surface area contributed by atoms with Crippen LogP contribution < -0.4 is 4.74 Å². The van der Waals surface area contributed by atoms with Crippen LogP contribution in [-0.2, 0) is 10.5 Å². The first-order chi connectivity index (χ1) is 9.97. The zero-order valence-electron chi connectivity index (χ0n) is 13.4. The fraction of sp³-hybridized carbons (Fsp3) is 0.471. The first kappa shape index (κ1) is 17.6. The number of rotatable bonds is 8. The highest BCUT2D eigenvalue weighted by Gasteiger charge is 2.12. The lowest BCUT2D eigenvalue weighted by atomic mass is 10.1. The van der Waals surface area contributed by atoms with Crippen LogP contribution in [0.25, 0.3) is 0 Å². The van der Waals surface area contributed by atoms with E-state index in [1.165, 1.54) is 5.56 Å². The molecule has 1 rings (SSSR count). The number of carbonyl (C=O) groups is 1. The van der Waals surface area contributed by atoms with Gasteiger partial charge < -0.3 is 9.64 Å². The van der Waals surface area contributed by atoms with Gasteiger partial charge in [-0.25, -0.2) is 0 Å². The van der Waals surface area contributed by atoms with Crippen molar-refractivity contribution in [3.63, 3.8) is 0 Å². The highest BCUT2D eigenvalue weighted by atomic mass is 32.2. The summed E-state index contributed by atoms with van der Waals surface area (Å²) in [6, 6.07) is 6.12. The molecule has 0 saturated heterocycles. The molecule has 4 heteroatoms. The van der Waals surface area contributed by atoms with E-state index in [9.17, 15) is 4.79 Å². The molecule has 0 unspecified atom stereocenters. The molecular weight excluding hydrogens is 282 g/mol. The number of benzene rings is 1. The van der Waals surface area contributed by atoms with Crippen molar-refractivity contribution in [3.05, 3.63) is 41.5 Å². The number of nitrogens with zero attached hydrogens (tertiary/aromatic N) is 1. The van der Waals surface area contributed by atoms with E-state index in [4.69, 9.17) is 4.74 Å². The Morgan fingerprint density at radius 3 is 2.71 bits per heavy atom. The Balaban J connectivity index is 2.54. The molecule has 21 heavy (non-hydrogen) atoms. The fourth-order valence-corrected chi connectivity index (χ4v) is 2.97. The van der Waals surface area contributed by atoms with E-state index in [1.54, 1.807) is 18.9 Å². The number of aryl methyl sites for hydroxylation is 1. The van der Waals surface area contributed by atoms with Gasteiger partial charge in [0.2, 0.25) is 5.91 Å². The quantitative estimate of drug-likeness (QED) is 0.686. The van der Waals surface area contributed by atoms with Crippen molar-refractivity contribution in [2.45, 2.75) is 26.5 Å². The topological polar surface area (TPSA) is 29.5 Å². The molecule has 3 nitrogen and oxygen atoms in total. The molecular formula is C17H25NO2S. The molecule has 1 aromatic rings. The van der Waals surface area contributed by atoms with Gasteiger partial charge in [-0.3, -0.25) is 4.79 Å². The van der Waals surface area contributed by atoms with E-state index in [1.807, 2.05) is 30.9 Å². The second kappa shape index (κ2) is 8.78. The average molecular weight is 307 g/mol. The molecule has 1 aromatic carbocycles. The molecule has 0 N–H and O–H groups in total. The van der Waals surface area contributed by atoms with Crippen molar-refractivity contribution in [3.8, 4) is 5.75 Å². The molecule has 0 aromatic heterocycles. The van der Waals surface area contributed by atoms with Gasteiger partial charge in [-0.15, -0.1) is 11.8 Å². The number of carbonyl (C=O) groups excluding carboxylic acids is 1. The van der Waals surface area contributed by atoms with Crippen LogP contribution in [0, 0.1) is 6.92 Å². The third-order valence-electron chi connectivity index (χ3n) is 3.11. The summed E-state index contributed by atoms with van der Waals surface area (Å²) >= 11 is 1.62. The highest BCUT2D eigenvalue weighted by molar-refractivity contribution is 7.99. The van der Waals surface area contributed by atoms with E-state index in [2.05, 4.69) is 19.6 Å². The van der Waals surface area contributed by atoms with Crippen LogP contribution in [0.4, 0.5) is 0 Å². The Morgan fingerprint density at radius 2 is 2.14 bits per heavy atom. The van der Waals surface area contributed by atoms with Crippen LogP contribution >= 0.6 is 11.8 Å². The van der Waals surface area contributed by atoms with Gasteiger partial charge in [0.1, 0.15) is 5.75 Å². The standard InChI is InChI=1S/C17H25NO2S/c1-6-18(10-13(2)3)17(19)12-21-11-15-9-14(4)7-8-16(15)20-5/h7-9H,2,6,10-12H2,1,3-5H3. The second-order valence-corrected chi connectivity index (χ2v) is 6.16. The maximum Gasteiger partial charge on any atom is 0.232 e. The SMILES string of the molecule is C=C(C)CN(CC)C(=O)CSCc1cc(C)ccc1OC. The Kier molecular flexibility index (Phi) is 7.37. The summed E-state index contributed by atoms with van der Waals surface area (Å²) in [5.74, 6) is 2.31. The van der Waals surface area contributed by atoms with Crippen LogP contribution in [0.2, 0.25) is 0 Å². The van der Waals surface area contributed by atoms with Crippen molar-refractivity contribution in [2.24, 2.45) is 0 Å². The minimum absolute atomic E-state index is 0.164. The summed E-state index contributed by atoms with van der Waals surface area (Å²) in [6.07, 6.45) is 0. The Bertz CT molecular complexity index is 500. The van der Waals surface area contributed by atoms with Crippen LogP contribution in [0.3, 0.4) is 0 Å². The maximum absolute atomic E-state index is 12.2. The molecule has 0 bridgehead atoms. The van der Waals surface area contributed by atoms with Gasteiger partial charge in [-0.2, -0.15) is 0 Å². The van der Waals surface area contributed by atoms with Crippen LogP contribution in [0.15, 0.2) is 30.4 Å². The number of amides is 1. The van der Waals surface area contributed by atoms with Gasteiger partial charge in [0.05, 0.1) is 12.9 Å². The van der Waals surface area contributed by atoms with E-state index in [0.29, 0.717) is 12.3 Å². The second-order valence-electron chi connectivity index (χ2n) is 5.17. The monoisotopic (exact) mass is 307 g/mol. The molecule has 0 saturated carbocycles. The van der Waals surface area contributed by atoms with E-state index >= 15 is 0 Å². The summed E-state index contributed by atoms with van der Waals surface area (Å²) < 4.78 is 5.36. The van der Waals surface area contributed by atoms with Crippen molar-refractivity contribution >= 4 is 17.7 Å². The molecule has 0 aliphatic carbocycles. The average Bonchev–Trinajstić information content (AvgIpc) is 2.44. The van der Waals surface area contributed by atoms with E-state index < -0.39 is 0 Å². The van der Waals surface area contributed by atoms with Crippen LogP contribution in [0.5, 0.6) is 5.75 Å². The molecule has 0 spiro atoms. The lowest BCUT2D eigenvalue weighted by molar-refractivity contribution is -0.127. The summed E-state index contributed by atoms with van der Waals surface area (Å²) in [6.45, 7) is 11.2. The molecule has 0 atom stereocenters. The van der Waals surface area contributed by atoms with Crippen molar-refractivity contribution in [2.75, 3.05) is 26.0 Å². The third kappa shape index (κ3) is 5.84. The molecule has 1 amide bonds. The summed E-state index contributed by atoms with van der Waals surface area (Å²) in [4.78, 5) is 14.0. The third-order valence-corrected chi connectivity index (χ3v) is 4.08. The lowest BCUT2D eigenvalue weighted by Gasteiger charge is -2.20. The van der Waals surface area contributed by atoms with Gasteiger partial charge in [-0.1, -0.05) is 29.8 Å². The number of methoxy groups -OCH3 is 1. The first-order valence-electron chi connectivity index (χ1n) is 7.11. The predicted octanol–water partition coefficient (Wildman–Crippen LogP) is 3.66. The molecule has 0 fully saturated rings. The molecule has 0 radical (unpaired) electrons. The normalized spacial score (nSPS) is 10.3. The predicted molar refractivity (Wildman–Crippen MR) is 91.0 cm³/mol. The smallest absolute Gasteiger partial charge is 0.232 e. The van der Waals surface area contributed by atoms with Crippen molar-refractivity contribution < 1.29 is 9.53 Å². The Morgan fingerprint density at radius 1 is 1.43 bits per heavy atom. The fourth-order valence-electron chi connectivity index (χ4n) is 2.06. The largest absolute Gasteiger partial charge is 0.496 e. The number of hydrogen-bond donors (Lipinski definition) is 0. The van der Waals surface area contributed by atoms with Gasteiger partial charge in [-0.05, 0) is 26.8 Å². The zero-order valence-corrected chi connectivity index (χ0v) is 14.3. The highest BCUT2D eigenvalue weighted by Crippen LogP contribution is 2.24. The molecule has 0 aliphatic heterocycles. The van der Waals surface area contributed by atoms with Gasteiger partial charge in [0.15, 0.2) is 0 Å². The number of ether oxygens (including phenoxy) is 1. The maximum atomic E-state index is 12.2. The van der Waals surface area contributed by atoms with Gasteiger partial charge in [0, 0.05) is 24.4 Å². The van der Waals surface area contributed by atoms with Crippen LogP contribution in [0.1, 0.15) is 25.0 Å². The zero-order chi connectivity index (χ0) is 15.8. The molecule has 0 aliphatic rings. The van der Waals surface area contributed by atoms with Crippen LogP contribution in [-0.4, -0.2) is 36.8 Å². The van der Waals surface area contributed by atoms with E-state index in [0.717, 1.165) is 29.2 Å². The summed E-state index contributed by atoms with van der Waals surface area (Å²) in [7, 11) is 1.68. The van der Waals surface area contributed by atoms with Crippen molar-refractivity contribution in [1.29, 1.82) is 0 Å². The first-order valence-corrected chi connectivity index (χ1v) is 8.26. The van der Waals surface area contributed by atoms with E-state index in [-0.39, 0.29) is 5.91 Å². The number of hydrogen-bond acceptors (Lipinski definition) is 3. The summed E-state index contributed by atoms with van der Waals surface area (Å²) in [5.41, 5.74) is 3.35. The van der Waals surface area contributed by atoms with Gasteiger partial charge >= 0.3 is 0 Å². The van der Waals surface area contributed by atoms with Gasteiger partial charge in [0.25, 0.3) is 0 Å². The Labute approximate surface area is 132 Å². The number of likely N-dealkylation sites (N-methyl/N-ethyl adjacent to an activating group) is 1. The lowest BCUT2D eigenvalue weighted by Crippen LogP contribution is -2.33.